The van der Waals surface area contributed by atoms with Crippen LogP contribution in [0, 0.1) is 0 Å². The molecule has 1 atom stereocenters. The van der Waals surface area contributed by atoms with Crippen LogP contribution in [0.1, 0.15) is 30.6 Å². The summed E-state index contributed by atoms with van der Waals surface area (Å²) in [6.07, 6.45) is 2.15. The Balaban J connectivity index is 2.10. The Bertz CT molecular complexity index is 401. The molecule has 1 aliphatic rings. The molecule has 1 heterocycles. The van der Waals surface area contributed by atoms with Gasteiger partial charge in [0.25, 0.3) is 0 Å². The fourth-order valence-electron chi connectivity index (χ4n) is 2.87. The lowest BCUT2D eigenvalue weighted by Crippen LogP contribution is -2.37. The van der Waals surface area contributed by atoms with Crippen LogP contribution in [0.4, 0.5) is 5.69 Å². The third-order valence-electron chi connectivity index (χ3n) is 3.90. The second kappa shape index (κ2) is 6.01. The Morgan fingerprint density at radius 1 is 1.33 bits per heavy atom. The third-order valence-corrected chi connectivity index (χ3v) is 3.90. The van der Waals surface area contributed by atoms with E-state index in [-0.39, 0.29) is 0 Å². The lowest BCUT2D eigenvalue weighted by atomic mass is 10.2. The first-order valence-corrected chi connectivity index (χ1v) is 6.83. The van der Waals surface area contributed by atoms with Gasteiger partial charge in [-0.3, -0.25) is 9.69 Å². The Labute approximate surface area is 109 Å². The molecule has 2 rings (SSSR count). The summed E-state index contributed by atoms with van der Waals surface area (Å²) in [5.74, 6) is 0. The Hall–Kier alpha value is -1.35. The van der Waals surface area contributed by atoms with Crippen molar-refractivity contribution in [2.45, 2.75) is 26.3 Å². The van der Waals surface area contributed by atoms with Crippen LogP contribution in [0.2, 0.25) is 0 Å². The first-order valence-electron chi connectivity index (χ1n) is 6.83. The maximum atomic E-state index is 11.1. The van der Waals surface area contributed by atoms with Crippen LogP contribution in [-0.2, 0) is 0 Å². The highest BCUT2D eigenvalue weighted by atomic mass is 16.1. The molecule has 0 saturated carbocycles. The van der Waals surface area contributed by atoms with Crippen LogP contribution >= 0.6 is 0 Å². The summed E-state index contributed by atoms with van der Waals surface area (Å²) in [5, 5.41) is 0. The molecular weight excluding hydrogens is 224 g/mol. The summed E-state index contributed by atoms with van der Waals surface area (Å²) in [5.41, 5.74) is 1.89. The lowest BCUT2D eigenvalue weighted by Gasteiger charge is -2.27. The number of aldehydes is 1. The number of anilines is 1. The molecule has 0 aromatic heterocycles. The Morgan fingerprint density at radius 2 is 2.06 bits per heavy atom. The number of rotatable bonds is 5. The minimum absolute atomic E-state index is 0.625. The normalized spacial score (nSPS) is 19.5. The van der Waals surface area contributed by atoms with Gasteiger partial charge in [-0.05, 0) is 31.6 Å². The average Bonchev–Trinajstić information content (AvgIpc) is 2.89. The zero-order chi connectivity index (χ0) is 13.0. The van der Waals surface area contributed by atoms with Gasteiger partial charge in [-0.25, -0.2) is 0 Å². The summed E-state index contributed by atoms with van der Waals surface area (Å²) in [7, 11) is 0. The molecule has 1 aliphatic heterocycles. The summed E-state index contributed by atoms with van der Waals surface area (Å²) < 4.78 is 0. The minimum Gasteiger partial charge on any atom is -0.369 e. The summed E-state index contributed by atoms with van der Waals surface area (Å²) >= 11 is 0. The number of carbonyl (C=O) groups excluding carboxylic acids is 1. The number of likely N-dealkylation sites (N-methyl/N-ethyl adjacent to an activating group) is 1. The largest absolute Gasteiger partial charge is 0.369 e. The van der Waals surface area contributed by atoms with Gasteiger partial charge in [0.05, 0.1) is 0 Å². The average molecular weight is 246 g/mol. The van der Waals surface area contributed by atoms with E-state index in [1.54, 1.807) is 0 Å². The van der Waals surface area contributed by atoms with Crippen LogP contribution in [0.15, 0.2) is 24.3 Å². The van der Waals surface area contributed by atoms with Crippen molar-refractivity contribution in [2.75, 3.05) is 31.1 Å². The van der Waals surface area contributed by atoms with Crippen molar-refractivity contribution >= 4 is 12.0 Å². The molecule has 98 valence electrons. The smallest absolute Gasteiger partial charge is 0.152 e. The number of benzene rings is 1. The molecule has 0 aliphatic carbocycles. The molecule has 0 spiro atoms. The molecule has 3 heteroatoms. The van der Waals surface area contributed by atoms with Crippen LogP contribution in [-0.4, -0.2) is 43.4 Å². The highest BCUT2D eigenvalue weighted by Crippen LogP contribution is 2.25. The molecule has 18 heavy (non-hydrogen) atoms. The lowest BCUT2D eigenvalue weighted by molar-refractivity contribution is 0.112. The van der Waals surface area contributed by atoms with Gasteiger partial charge < -0.3 is 4.90 Å². The van der Waals surface area contributed by atoms with Crippen molar-refractivity contribution in [3.05, 3.63) is 29.8 Å². The summed E-state index contributed by atoms with van der Waals surface area (Å²) in [6, 6.07) is 8.50. The fraction of sp³-hybridized carbons (Fsp3) is 0.533. The number of para-hydroxylation sites is 1. The second-order valence-corrected chi connectivity index (χ2v) is 4.79. The Morgan fingerprint density at radius 3 is 2.72 bits per heavy atom. The van der Waals surface area contributed by atoms with Crippen molar-refractivity contribution in [3.8, 4) is 0 Å². The van der Waals surface area contributed by atoms with Crippen molar-refractivity contribution in [1.29, 1.82) is 0 Å². The van der Waals surface area contributed by atoms with Crippen molar-refractivity contribution in [3.63, 3.8) is 0 Å². The van der Waals surface area contributed by atoms with Crippen LogP contribution in [0.3, 0.4) is 0 Å². The van der Waals surface area contributed by atoms with Crippen molar-refractivity contribution in [2.24, 2.45) is 0 Å². The predicted molar refractivity (Wildman–Crippen MR) is 75.4 cm³/mol. The molecule has 0 N–H and O–H groups in total. The van der Waals surface area contributed by atoms with E-state index in [9.17, 15) is 4.79 Å². The standard InChI is InChI=1S/C15H22N2O/c1-3-16(4-2)14-9-10-17(11-14)15-8-6-5-7-13(15)12-18/h5-8,12,14H,3-4,9-11H2,1-2H3. The van der Waals surface area contributed by atoms with Gasteiger partial charge in [-0.1, -0.05) is 26.0 Å². The van der Waals surface area contributed by atoms with Gasteiger partial charge in [-0.15, -0.1) is 0 Å². The number of hydrogen-bond acceptors (Lipinski definition) is 3. The third kappa shape index (κ3) is 2.56. The first kappa shape index (κ1) is 13.1. The van der Waals surface area contributed by atoms with Crippen LogP contribution in [0.25, 0.3) is 0 Å². The van der Waals surface area contributed by atoms with Crippen LogP contribution < -0.4 is 4.90 Å². The molecule has 0 bridgehead atoms. The van der Waals surface area contributed by atoms with Gasteiger partial charge in [0.15, 0.2) is 6.29 Å². The molecule has 3 nitrogen and oxygen atoms in total. The van der Waals surface area contributed by atoms with Gasteiger partial charge in [0.2, 0.25) is 0 Å². The molecule has 1 aromatic rings. The number of nitrogens with zero attached hydrogens (tertiary/aromatic N) is 2. The van der Waals surface area contributed by atoms with E-state index < -0.39 is 0 Å². The van der Waals surface area contributed by atoms with E-state index in [4.69, 9.17) is 0 Å². The van der Waals surface area contributed by atoms with Crippen molar-refractivity contribution in [1.82, 2.24) is 4.90 Å². The monoisotopic (exact) mass is 246 g/mol. The fourth-order valence-corrected chi connectivity index (χ4v) is 2.87. The van der Waals surface area contributed by atoms with Gasteiger partial charge in [0.1, 0.15) is 0 Å². The van der Waals surface area contributed by atoms with Gasteiger partial charge in [0, 0.05) is 30.4 Å². The molecule has 0 amide bonds. The predicted octanol–water partition coefficient (Wildman–Crippen LogP) is 2.42. The van der Waals surface area contributed by atoms with Gasteiger partial charge in [-0.2, -0.15) is 0 Å². The maximum absolute atomic E-state index is 11.1. The SMILES string of the molecule is CCN(CC)C1CCN(c2ccccc2C=O)C1. The van der Waals surface area contributed by atoms with Crippen molar-refractivity contribution < 1.29 is 4.79 Å². The van der Waals surface area contributed by atoms with E-state index in [0.717, 1.165) is 43.7 Å². The van der Waals surface area contributed by atoms with Crippen LogP contribution in [0.5, 0.6) is 0 Å². The zero-order valence-electron chi connectivity index (χ0n) is 11.3. The van der Waals surface area contributed by atoms with E-state index in [0.29, 0.717) is 6.04 Å². The molecule has 1 saturated heterocycles. The van der Waals surface area contributed by atoms with E-state index >= 15 is 0 Å². The van der Waals surface area contributed by atoms with E-state index in [1.807, 2.05) is 24.3 Å². The molecular formula is C15H22N2O. The molecule has 1 unspecified atom stereocenters. The molecule has 1 aromatic carbocycles. The highest BCUT2D eigenvalue weighted by molar-refractivity contribution is 5.84. The summed E-state index contributed by atoms with van der Waals surface area (Å²) in [4.78, 5) is 15.9. The zero-order valence-corrected chi connectivity index (χ0v) is 11.3. The topological polar surface area (TPSA) is 23.6 Å². The first-order chi connectivity index (χ1) is 8.80. The van der Waals surface area contributed by atoms with E-state index in [2.05, 4.69) is 23.6 Å². The number of carbonyl (C=O) groups is 1. The Kier molecular flexibility index (Phi) is 4.37. The quantitative estimate of drug-likeness (QED) is 0.745. The van der Waals surface area contributed by atoms with E-state index in [1.165, 1.54) is 6.42 Å². The highest BCUT2D eigenvalue weighted by Gasteiger charge is 2.27. The second-order valence-electron chi connectivity index (χ2n) is 4.79. The minimum atomic E-state index is 0.625. The summed E-state index contributed by atoms with van der Waals surface area (Å²) in [6.45, 7) is 8.71. The number of hydrogen-bond donors (Lipinski definition) is 0. The maximum Gasteiger partial charge on any atom is 0.152 e. The molecule has 1 fully saturated rings. The van der Waals surface area contributed by atoms with Gasteiger partial charge >= 0.3 is 0 Å². The molecule has 0 radical (unpaired) electrons.